The largest absolute Gasteiger partial charge is 0.280 e. The highest BCUT2D eigenvalue weighted by atomic mass is 35.5. The summed E-state index contributed by atoms with van der Waals surface area (Å²) >= 11 is 5.85. The highest BCUT2D eigenvalue weighted by Crippen LogP contribution is 2.22. The number of nitrogens with one attached hydrogen (secondary N) is 1. The zero-order valence-electron chi connectivity index (χ0n) is 8.69. The molecule has 0 fully saturated rings. The van der Waals surface area contributed by atoms with Crippen LogP contribution in [0.25, 0.3) is 0 Å². The zero-order valence-corrected chi connectivity index (χ0v) is 9.45. The summed E-state index contributed by atoms with van der Waals surface area (Å²) in [5, 5.41) is 8.22. The number of hydrogen-bond donors (Lipinski definition) is 1. The van der Waals surface area contributed by atoms with Crippen molar-refractivity contribution in [3.63, 3.8) is 0 Å². The second kappa shape index (κ2) is 3.89. The quantitative estimate of drug-likeness (QED) is 0.716. The lowest BCUT2D eigenvalue weighted by molar-refractivity contribution is -0.619. The van der Waals surface area contributed by atoms with Crippen molar-refractivity contribution >= 4 is 17.4 Å². The summed E-state index contributed by atoms with van der Waals surface area (Å²) in [6.45, 7) is 0. The molecule has 0 saturated heterocycles. The van der Waals surface area contributed by atoms with Crippen LogP contribution in [0.4, 0.5) is 0 Å². The van der Waals surface area contributed by atoms with Crippen LogP contribution in [0.3, 0.4) is 0 Å². The molecule has 2 aliphatic heterocycles. The van der Waals surface area contributed by atoms with Crippen LogP contribution in [-0.2, 0) is 0 Å². The molecule has 2 heterocycles. The van der Waals surface area contributed by atoms with Crippen LogP contribution in [-0.4, -0.2) is 28.8 Å². The van der Waals surface area contributed by atoms with Crippen LogP contribution in [0.1, 0.15) is 0 Å². The Balaban J connectivity index is 1.91. The Labute approximate surface area is 102 Å². The van der Waals surface area contributed by atoms with Crippen LogP contribution in [0.2, 0.25) is 0 Å². The van der Waals surface area contributed by atoms with Crippen molar-refractivity contribution in [3.05, 3.63) is 40.4 Å². The van der Waals surface area contributed by atoms with Crippen molar-refractivity contribution in [2.75, 3.05) is 0 Å². The third-order valence-corrected chi connectivity index (χ3v) is 2.97. The summed E-state index contributed by atoms with van der Waals surface area (Å²) in [5.74, 6) is 0.509. The summed E-state index contributed by atoms with van der Waals surface area (Å²) in [6, 6.07) is -0.920. The van der Waals surface area contributed by atoms with E-state index in [0.717, 1.165) is 4.87 Å². The van der Waals surface area contributed by atoms with Crippen molar-refractivity contribution in [2.24, 2.45) is 15.2 Å². The number of hydrogen-bond acceptors (Lipinski definition) is 4. The van der Waals surface area contributed by atoms with E-state index in [-0.39, 0.29) is 12.1 Å². The van der Waals surface area contributed by atoms with E-state index >= 15 is 0 Å². The molecule has 3 unspecified atom stereocenters. The lowest BCUT2D eigenvalue weighted by Gasteiger charge is -2.21. The molecule has 6 nitrogen and oxygen atoms in total. The highest BCUT2D eigenvalue weighted by Gasteiger charge is 2.40. The molecule has 0 aromatic carbocycles. The van der Waals surface area contributed by atoms with Gasteiger partial charge in [0.2, 0.25) is 0 Å². The number of fused-ring (bicyclic) bond motifs is 1. The van der Waals surface area contributed by atoms with Crippen LogP contribution >= 0.6 is 11.6 Å². The molecule has 0 spiro atoms. The minimum Gasteiger partial charge on any atom is -0.250 e. The molecule has 1 aliphatic carbocycles. The maximum Gasteiger partial charge on any atom is 0.280 e. The first-order valence-corrected chi connectivity index (χ1v) is 5.55. The molecule has 0 radical (unpaired) electrons. The number of aliphatic imine (C=N–C) groups is 1. The first-order chi connectivity index (χ1) is 8.24. The van der Waals surface area contributed by atoms with Gasteiger partial charge in [-0.1, -0.05) is 17.7 Å². The van der Waals surface area contributed by atoms with E-state index in [1.165, 1.54) is 0 Å². The van der Waals surface area contributed by atoms with Gasteiger partial charge in [-0.25, -0.2) is 4.99 Å². The second-order valence-corrected chi connectivity index (χ2v) is 4.30. The van der Waals surface area contributed by atoms with Gasteiger partial charge in [-0.2, -0.15) is 10.2 Å². The highest BCUT2D eigenvalue weighted by molar-refractivity contribution is 6.31. The van der Waals surface area contributed by atoms with Crippen LogP contribution in [0.5, 0.6) is 0 Å². The number of amidine groups is 1. The molecular formula is C10H9ClN5O+. The van der Waals surface area contributed by atoms with Crippen molar-refractivity contribution in [2.45, 2.75) is 18.1 Å². The fourth-order valence-electron chi connectivity index (χ4n) is 1.88. The van der Waals surface area contributed by atoms with Gasteiger partial charge in [0.05, 0.1) is 4.91 Å². The number of halogens is 1. The predicted molar refractivity (Wildman–Crippen MR) is 62.6 cm³/mol. The monoisotopic (exact) mass is 250 g/mol. The molecule has 0 bridgehead atoms. The maximum absolute atomic E-state index is 11.8. The average molecular weight is 251 g/mol. The third-order valence-electron chi connectivity index (χ3n) is 2.72. The normalized spacial score (nSPS) is 34.2. The molecule has 1 N–H and O–H groups in total. The standard InChI is InChI=1S/C10H9ClN5O/c11-6-1-2-7-9(5-6)16(17)15-10(13-7)8-3-4-12-14-8/h1-5,7-9H,(H,13,15,17)/q+1. The Bertz CT molecular complexity index is 507. The molecule has 86 valence electrons. The molecule has 3 rings (SSSR count). The zero-order chi connectivity index (χ0) is 11.8. The summed E-state index contributed by atoms with van der Waals surface area (Å²) in [7, 11) is 0. The molecular weight excluding hydrogens is 242 g/mol. The van der Waals surface area contributed by atoms with E-state index in [4.69, 9.17) is 11.6 Å². The number of rotatable bonds is 1. The van der Waals surface area contributed by atoms with E-state index in [2.05, 4.69) is 20.6 Å². The minimum atomic E-state index is -0.404. The molecule has 3 atom stereocenters. The fraction of sp³-hybridized carbons (Fsp3) is 0.300. The molecule has 0 aromatic rings. The van der Waals surface area contributed by atoms with Crippen LogP contribution in [0, 0.1) is 4.91 Å². The van der Waals surface area contributed by atoms with Gasteiger partial charge >= 0.3 is 0 Å². The van der Waals surface area contributed by atoms with E-state index in [0.29, 0.717) is 10.9 Å². The van der Waals surface area contributed by atoms with Gasteiger partial charge in [0.15, 0.2) is 11.9 Å². The molecule has 0 saturated carbocycles. The second-order valence-electron chi connectivity index (χ2n) is 3.86. The van der Waals surface area contributed by atoms with E-state index < -0.39 is 6.04 Å². The minimum absolute atomic E-state index is 0.226. The predicted octanol–water partition coefficient (Wildman–Crippen LogP) is 1.46. The molecule has 7 heteroatoms. The van der Waals surface area contributed by atoms with Gasteiger partial charge in [-0.15, -0.1) is 5.43 Å². The van der Waals surface area contributed by atoms with Gasteiger partial charge in [0.1, 0.15) is 10.9 Å². The van der Waals surface area contributed by atoms with Gasteiger partial charge in [0.25, 0.3) is 6.04 Å². The number of azo groups is 1. The van der Waals surface area contributed by atoms with Crippen molar-refractivity contribution in [3.8, 4) is 0 Å². The van der Waals surface area contributed by atoms with Gasteiger partial charge in [-0.3, -0.25) is 0 Å². The van der Waals surface area contributed by atoms with Gasteiger partial charge in [0, 0.05) is 17.3 Å². The Kier molecular flexibility index (Phi) is 2.36. The first kappa shape index (κ1) is 10.3. The average Bonchev–Trinajstić information content (AvgIpc) is 2.83. The van der Waals surface area contributed by atoms with Crippen molar-refractivity contribution in [1.82, 2.24) is 5.43 Å². The summed E-state index contributed by atoms with van der Waals surface area (Å²) in [4.78, 5) is 17.0. The Morgan fingerprint density at radius 3 is 3.06 bits per heavy atom. The van der Waals surface area contributed by atoms with E-state index in [1.54, 1.807) is 24.4 Å². The Morgan fingerprint density at radius 1 is 1.41 bits per heavy atom. The topological polar surface area (TPSA) is 69.2 Å². The van der Waals surface area contributed by atoms with Gasteiger partial charge < -0.3 is 0 Å². The van der Waals surface area contributed by atoms with Crippen LogP contribution < -0.4 is 5.43 Å². The third kappa shape index (κ3) is 1.80. The number of nitroso groups, excluding NO2 is 1. The fourth-order valence-corrected chi connectivity index (χ4v) is 2.08. The number of nitrogens with zero attached hydrogens (tertiary/aromatic N) is 4. The van der Waals surface area contributed by atoms with E-state index in [1.807, 2.05) is 6.08 Å². The lowest BCUT2D eigenvalue weighted by atomic mass is 10.0. The smallest absolute Gasteiger partial charge is 0.250 e. The van der Waals surface area contributed by atoms with Crippen molar-refractivity contribution < 1.29 is 4.87 Å². The summed E-state index contributed by atoms with van der Waals surface area (Å²) < 4.78 is 0. The Hall–Kier alpha value is -1.82. The molecule has 0 aromatic heterocycles. The van der Waals surface area contributed by atoms with E-state index in [9.17, 15) is 4.91 Å². The van der Waals surface area contributed by atoms with Crippen molar-refractivity contribution in [1.29, 1.82) is 0 Å². The Morgan fingerprint density at radius 2 is 2.29 bits per heavy atom. The van der Waals surface area contributed by atoms with Crippen LogP contribution in [0.15, 0.2) is 50.8 Å². The maximum atomic E-state index is 11.8. The van der Waals surface area contributed by atoms with Gasteiger partial charge in [-0.05, 0) is 12.2 Å². The first-order valence-electron chi connectivity index (χ1n) is 5.17. The number of hydrazine groups is 1. The molecule has 0 amide bonds. The summed E-state index contributed by atoms with van der Waals surface area (Å²) in [5.41, 5.74) is 2.66. The summed E-state index contributed by atoms with van der Waals surface area (Å²) in [6.07, 6.45) is 8.60. The molecule has 17 heavy (non-hydrogen) atoms. The number of allylic oxidation sites excluding steroid dienone is 2. The lowest BCUT2D eigenvalue weighted by Crippen LogP contribution is -2.52. The molecule has 3 aliphatic rings. The SMILES string of the molecule is O=[N+]1NC(C2C=CN=N2)=NC2C=CC(Cl)=CC21.